The van der Waals surface area contributed by atoms with Gasteiger partial charge in [0.05, 0.1) is 10.2 Å². The maximum atomic E-state index is 5.73. The molecule has 0 spiro atoms. The van der Waals surface area contributed by atoms with Crippen LogP contribution in [0.2, 0.25) is 0 Å². The first-order chi connectivity index (χ1) is 6.18. The van der Waals surface area contributed by atoms with Crippen LogP contribution < -0.4 is 5.73 Å². The highest BCUT2D eigenvalue weighted by Gasteiger charge is 2.24. The number of nitrogens with two attached hydrogens (primary N) is 1. The summed E-state index contributed by atoms with van der Waals surface area (Å²) in [6.07, 6.45) is 0. The van der Waals surface area contributed by atoms with Gasteiger partial charge in [0, 0.05) is 17.4 Å². The molecule has 3 nitrogen and oxygen atoms in total. The molecule has 1 aliphatic heterocycles. The summed E-state index contributed by atoms with van der Waals surface area (Å²) in [6.45, 7) is 1.94. The molecule has 1 saturated heterocycles. The zero-order valence-electron chi connectivity index (χ0n) is 7.25. The van der Waals surface area contributed by atoms with E-state index < -0.39 is 0 Å². The lowest BCUT2D eigenvalue weighted by molar-refractivity contribution is 0.757. The Kier molecular flexibility index (Phi) is 2.47. The molecule has 0 aliphatic carbocycles. The number of halogens is 1. The van der Waals surface area contributed by atoms with E-state index in [2.05, 4.69) is 25.9 Å². The van der Waals surface area contributed by atoms with Gasteiger partial charge >= 0.3 is 0 Å². The SMILES string of the molecule is Cc1nc(C2CSC2)nc(N)c1Br. The smallest absolute Gasteiger partial charge is 0.141 e. The molecular weight excluding hydrogens is 250 g/mol. The topological polar surface area (TPSA) is 51.8 Å². The molecular formula is C8H10BrN3S. The van der Waals surface area contributed by atoms with Gasteiger partial charge < -0.3 is 5.73 Å². The Hall–Kier alpha value is -0.290. The fourth-order valence-electron chi connectivity index (χ4n) is 1.17. The van der Waals surface area contributed by atoms with Crippen LogP contribution in [0.4, 0.5) is 5.82 Å². The van der Waals surface area contributed by atoms with Crippen LogP contribution >= 0.6 is 27.7 Å². The summed E-state index contributed by atoms with van der Waals surface area (Å²) >= 11 is 5.27. The van der Waals surface area contributed by atoms with Crippen LogP contribution in [0.5, 0.6) is 0 Å². The quantitative estimate of drug-likeness (QED) is 0.838. The second-order valence-electron chi connectivity index (χ2n) is 3.10. The minimum atomic E-state index is 0.513. The number of anilines is 1. The van der Waals surface area contributed by atoms with Crippen molar-refractivity contribution in [3.05, 3.63) is 16.0 Å². The summed E-state index contributed by atoms with van der Waals surface area (Å²) < 4.78 is 0.822. The number of nitrogens with zero attached hydrogens (tertiary/aromatic N) is 2. The van der Waals surface area contributed by atoms with Crippen LogP contribution in [-0.2, 0) is 0 Å². The van der Waals surface area contributed by atoms with E-state index in [0.717, 1.165) is 27.5 Å². The molecule has 5 heteroatoms. The highest BCUT2D eigenvalue weighted by atomic mass is 79.9. The van der Waals surface area contributed by atoms with E-state index in [0.29, 0.717) is 11.7 Å². The van der Waals surface area contributed by atoms with Crippen LogP contribution in [0.1, 0.15) is 17.4 Å². The molecule has 1 aliphatic rings. The molecule has 0 atom stereocenters. The number of aryl methyl sites for hydroxylation is 1. The minimum absolute atomic E-state index is 0.513. The molecule has 2 heterocycles. The molecule has 2 rings (SSSR count). The molecule has 0 radical (unpaired) electrons. The Morgan fingerprint density at radius 1 is 1.46 bits per heavy atom. The summed E-state index contributed by atoms with van der Waals surface area (Å²) in [5.41, 5.74) is 6.66. The van der Waals surface area contributed by atoms with E-state index in [1.807, 2.05) is 18.7 Å². The summed E-state index contributed by atoms with van der Waals surface area (Å²) in [4.78, 5) is 8.67. The molecule has 70 valence electrons. The fourth-order valence-corrected chi connectivity index (χ4v) is 2.12. The third-order valence-corrected chi connectivity index (χ3v) is 4.32. The Bertz CT molecular complexity index is 315. The van der Waals surface area contributed by atoms with E-state index >= 15 is 0 Å². The molecule has 0 bridgehead atoms. The van der Waals surface area contributed by atoms with Crippen molar-refractivity contribution in [1.82, 2.24) is 9.97 Å². The summed E-state index contributed by atoms with van der Waals surface area (Å²) in [7, 11) is 0. The average Bonchev–Trinajstić information content (AvgIpc) is 1.96. The standard InChI is InChI=1S/C8H10BrN3S/c1-4-6(9)7(10)12-8(11-4)5-2-13-3-5/h5H,2-3H2,1H3,(H2,10,11,12). The molecule has 0 amide bonds. The molecule has 13 heavy (non-hydrogen) atoms. The second kappa shape index (κ2) is 3.46. The Morgan fingerprint density at radius 2 is 2.15 bits per heavy atom. The third-order valence-electron chi connectivity index (χ3n) is 2.06. The third kappa shape index (κ3) is 1.67. The predicted octanol–water partition coefficient (Wildman–Crippen LogP) is 1.96. The van der Waals surface area contributed by atoms with Crippen LogP contribution in [0, 0.1) is 6.92 Å². The monoisotopic (exact) mass is 259 g/mol. The van der Waals surface area contributed by atoms with Crippen molar-refractivity contribution in [2.24, 2.45) is 0 Å². The van der Waals surface area contributed by atoms with Crippen molar-refractivity contribution < 1.29 is 0 Å². The van der Waals surface area contributed by atoms with E-state index in [9.17, 15) is 0 Å². The van der Waals surface area contributed by atoms with Gasteiger partial charge in [-0.05, 0) is 22.9 Å². The first-order valence-corrected chi connectivity index (χ1v) is 6.00. The highest BCUT2D eigenvalue weighted by Crippen LogP contribution is 2.33. The fraction of sp³-hybridized carbons (Fsp3) is 0.500. The van der Waals surface area contributed by atoms with Crippen LogP contribution in [0.3, 0.4) is 0 Å². The summed E-state index contributed by atoms with van der Waals surface area (Å²) in [5.74, 6) is 4.22. The Labute approximate surface area is 89.7 Å². The van der Waals surface area contributed by atoms with Gasteiger partial charge in [-0.3, -0.25) is 0 Å². The van der Waals surface area contributed by atoms with Gasteiger partial charge in [-0.1, -0.05) is 0 Å². The van der Waals surface area contributed by atoms with Crippen molar-refractivity contribution in [1.29, 1.82) is 0 Å². The first-order valence-electron chi connectivity index (χ1n) is 4.05. The van der Waals surface area contributed by atoms with Crippen molar-refractivity contribution in [2.75, 3.05) is 17.2 Å². The molecule has 1 aromatic rings. The van der Waals surface area contributed by atoms with Crippen molar-refractivity contribution in [3.63, 3.8) is 0 Å². The second-order valence-corrected chi connectivity index (χ2v) is 4.97. The maximum Gasteiger partial charge on any atom is 0.141 e. The molecule has 0 unspecified atom stereocenters. The average molecular weight is 260 g/mol. The number of aromatic nitrogens is 2. The van der Waals surface area contributed by atoms with Gasteiger partial charge in [0.15, 0.2) is 0 Å². The van der Waals surface area contributed by atoms with Crippen molar-refractivity contribution in [2.45, 2.75) is 12.8 Å². The molecule has 1 aromatic heterocycles. The normalized spacial score (nSPS) is 17.1. The molecule has 0 saturated carbocycles. The van der Waals surface area contributed by atoms with Crippen LogP contribution in [-0.4, -0.2) is 21.5 Å². The zero-order chi connectivity index (χ0) is 9.42. The lowest BCUT2D eigenvalue weighted by Gasteiger charge is -2.23. The maximum absolute atomic E-state index is 5.73. The van der Waals surface area contributed by atoms with Crippen molar-refractivity contribution in [3.8, 4) is 0 Å². The van der Waals surface area contributed by atoms with Gasteiger partial charge in [-0.2, -0.15) is 11.8 Å². The van der Waals surface area contributed by atoms with Gasteiger partial charge in [0.1, 0.15) is 11.6 Å². The number of thioether (sulfide) groups is 1. The van der Waals surface area contributed by atoms with E-state index in [1.54, 1.807) is 0 Å². The molecule has 1 fully saturated rings. The van der Waals surface area contributed by atoms with Crippen LogP contribution in [0.25, 0.3) is 0 Å². The molecule has 2 N–H and O–H groups in total. The van der Waals surface area contributed by atoms with E-state index in [-0.39, 0.29) is 0 Å². The van der Waals surface area contributed by atoms with Gasteiger partial charge in [0.2, 0.25) is 0 Å². The molecule has 0 aromatic carbocycles. The first kappa shape index (κ1) is 9.27. The summed E-state index contributed by atoms with van der Waals surface area (Å²) in [5, 5.41) is 0. The number of hydrogen-bond acceptors (Lipinski definition) is 4. The van der Waals surface area contributed by atoms with Gasteiger partial charge in [-0.25, -0.2) is 9.97 Å². The Balaban J connectivity index is 2.37. The number of hydrogen-bond donors (Lipinski definition) is 1. The predicted molar refractivity (Wildman–Crippen MR) is 58.9 cm³/mol. The summed E-state index contributed by atoms with van der Waals surface area (Å²) in [6, 6.07) is 0. The zero-order valence-corrected chi connectivity index (χ0v) is 9.65. The Morgan fingerprint density at radius 3 is 2.62 bits per heavy atom. The lowest BCUT2D eigenvalue weighted by atomic mass is 10.2. The van der Waals surface area contributed by atoms with Crippen molar-refractivity contribution >= 4 is 33.5 Å². The largest absolute Gasteiger partial charge is 0.383 e. The van der Waals surface area contributed by atoms with Crippen LogP contribution in [0.15, 0.2) is 4.47 Å². The van der Waals surface area contributed by atoms with Gasteiger partial charge in [-0.15, -0.1) is 0 Å². The highest BCUT2D eigenvalue weighted by molar-refractivity contribution is 9.10. The minimum Gasteiger partial charge on any atom is -0.383 e. The lowest BCUT2D eigenvalue weighted by Crippen LogP contribution is -2.19. The number of nitrogen functional groups attached to an aromatic ring is 1. The van der Waals surface area contributed by atoms with Gasteiger partial charge in [0.25, 0.3) is 0 Å². The van der Waals surface area contributed by atoms with E-state index in [1.165, 1.54) is 0 Å². The van der Waals surface area contributed by atoms with E-state index in [4.69, 9.17) is 5.73 Å². The number of rotatable bonds is 1.